The Hall–Kier alpha value is -0.240. The van der Waals surface area contributed by atoms with Gasteiger partial charge in [-0.1, -0.05) is 13.8 Å². The van der Waals surface area contributed by atoms with Gasteiger partial charge in [-0.05, 0) is 0 Å². The van der Waals surface area contributed by atoms with E-state index in [1.54, 1.807) is 0 Å². The molecule has 3 unspecified atom stereocenters. The predicted octanol–water partition coefficient (Wildman–Crippen LogP) is -2.22. The third-order valence-electron chi connectivity index (χ3n) is 2.43. The van der Waals surface area contributed by atoms with Crippen molar-refractivity contribution in [2.24, 2.45) is 0 Å². The molecule has 1 fully saturated rings. The summed E-state index contributed by atoms with van der Waals surface area (Å²) in [5, 5.41) is 40.5. The highest BCUT2D eigenvalue weighted by Crippen LogP contribution is 2.19. The highest BCUT2D eigenvalue weighted by atomic mass is 16.6. The number of aliphatic hydroxyl groups is 4. The zero-order valence-electron chi connectivity index (χ0n) is 8.87. The molecule has 0 aromatic rings. The van der Waals surface area contributed by atoms with Crippen molar-refractivity contribution in [1.29, 1.82) is 0 Å². The Labute approximate surface area is 88.5 Å². The van der Waals surface area contributed by atoms with Gasteiger partial charge in [0, 0.05) is 6.04 Å². The first-order valence-corrected chi connectivity index (χ1v) is 5.04. The van der Waals surface area contributed by atoms with E-state index in [0.717, 1.165) is 0 Å². The molecule has 6 nitrogen and oxygen atoms in total. The van der Waals surface area contributed by atoms with Crippen molar-refractivity contribution in [3.05, 3.63) is 0 Å². The first-order valence-electron chi connectivity index (χ1n) is 5.04. The van der Waals surface area contributed by atoms with E-state index in [0.29, 0.717) is 0 Å². The standard InChI is InChI=1S/C9H19NO5/c1-4(2)10-6-8(13)7(12)5(3-11)15-9(6)14/h4-14H,3H2,1-2H3/t5?,6?,7-,8?,9-/m1/s1. The number of rotatable bonds is 3. The Morgan fingerprint density at radius 2 is 1.80 bits per heavy atom. The maximum absolute atomic E-state index is 9.69. The van der Waals surface area contributed by atoms with Gasteiger partial charge in [0.25, 0.3) is 0 Å². The molecule has 0 bridgehead atoms. The van der Waals surface area contributed by atoms with Gasteiger partial charge in [0.2, 0.25) is 0 Å². The van der Waals surface area contributed by atoms with Gasteiger partial charge in [0.05, 0.1) is 12.6 Å². The minimum Gasteiger partial charge on any atom is -0.394 e. The van der Waals surface area contributed by atoms with Crippen molar-refractivity contribution in [3.8, 4) is 0 Å². The Bertz CT molecular complexity index is 201. The number of nitrogens with one attached hydrogen (secondary N) is 1. The third-order valence-corrected chi connectivity index (χ3v) is 2.43. The number of hydrogen-bond donors (Lipinski definition) is 5. The minimum absolute atomic E-state index is 0.0424. The van der Waals surface area contributed by atoms with Gasteiger partial charge in [-0.3, -0.25) is 0 Å². The maximum atomic E-state index is 9.69. The quantitative estimate of drug-likeness (QED) is 0.370. The van der Waals surface area contributed by atoms with Crippen LogP contribution in [0.3, 0.4) is 0 Å². The van der Waals surface area contributed by atoms with Crippen LogP contribution >= 0.6 is 0 Å². The zero-order chi connectivity index (χ0) is 11.6. The normalized spacial score (nSPS) is 42.2. The largest absolute Gasteiger partial charge is 0.394 e. The second kappa shape index (κ2) is 5.20. The minimum atomic E-state index is -1.23. The van der Waals surface area contributed by atoms with Gasteiger partial charge in [-0.2, -0.15) is 0 Å². The van der Waals surface area contributed by atoms with Crippen LogP contribution in [0.4, 0.5) is 0 Å². The van der Waals surface area contributed by atoms with Gasteiger partial charge < -0.3 is 30.5 Å². The summed E-state index contributed by atoms with van der Waals surface area (Å²) in [5.41, 5.74) is 0. The van der Waals surface area contributed by atoms with E-state index >= 15 is 0 Å². The van der Waals surface area contributed by atoms with Crippen LogP contribution in [0.5, 0.6) is 0 Å². The van der Waals surface area contributed by atoms with E-state index < -0.39 is 37.3 Å². The van der Waals surface area contributed by atoms with E-state index in [9.17, 15) is 15.3 Å². The molecule has 5 atom stereocenters. The lowest BCUT2D eigenvalue weighted by Crippen LogP contribution is -2.64. The molecule has 0 amide bonds. The van der Waals surface area contributed by atoms with E-state index in [-0.39, 0.29) is 6.04 Å². The predicted molar refractivity (Wildman–Crippen MR) is 52.0 cm³/mol. The Balaban J connectivity index is 2.66. The molecule has 0 aliphatic carbocycles. The summed E-state index contributed by atoms with van der Waals surface area (Å²) in [5.74, 6) is 0. The molecule has 0 radical (unpaired) electrons. The fraction of sp³-hybridized carbons (Fsp3) is 1.00. The number of aliphatic hydroxyl groups excluding tert-OH is 4. The van der Waals surface area contributed by atoms with Gasteiger partial charge in [-0.15, -0.1) is 0 Å². The van der Waals surface area contributed by atoms with Crippen LogP contribution in [0.1, 0.15) is 13.8 Å². The molecule has 1 heterocycles. The fourth-order valence-electron chi connectivity index (χ4n) is 1.66. The van der Waals surface area contributed by atoms with Gasteiger partial charge in [0.15, 0.2) is 6.29 Å². The molecule has 90 valence electrons. The van der Waals surface area contributed by atoms with Crippen LogP contribution < -0.4 is 5.32 Å². The summed E-state index contributed by atoms with van der Waals surface area (Å²) >= 11 is 0. The molecule has 1 aliphatic heterocycles. The van der Waals surface area contributed by atoms with E-state index in [1.807, 2.05) is 13.8 Å². The van der Waals surface area contributed by atoms with Gasteiger partial charge in [0.1, 0.15) is 18.3 Å². The van der Waals surface area contributed by atoms with Crippen molar-refractivity contribution < 1.29 is 25.2 Å². The van der Waals surface area contributed by atoms with Crippen LogP contribution in [-0.4, -0.2) is 63.7 Å². The zero-order valence-corrected chi connectivity index (χ0v) is 8.87. The molecule has 0 aromatic heterocycles. The van der Waals surface area contributed by atoms with Crippen molar-refractivity contribution in [3.63, 3.8) is 0 Å². The topological polar surface area (TPSA) is 102 Å². The van der Waals surface area contributed by atoms with Crippen LogP contribution in [0.25, 0.3) is 0 Å². The molecule has 0 spiro atoms. The second-order valence-corrected chi connectivity index (χ2v) is 4.08. The number of ether oxygens (including phenoxy) is 1. The lowest BCUT2D eigenvalue weighted by Gasteiger charge is -2.41. The van der Waals surface area contributed by atoms with Gasteiger partial charge in [-0.25, -0.2) is 0 Å². The molecule has 1 rings (SSSR count). The lowest BCUT2D eigenvalue weighted by molar-refractivity contribution is -0.255. The highest BCUT2D eigenvalue weighted by molar-refractivity contribution is 4.93. The molecular formula is C9H19NO5. The first kappa shape index (κ1) is 12.8. The van der Waals surface area contributed by atoms with Crippen molar-refractivity contribution in [2.45, 2.75) is 50.5 Å². The van der Waals surface area contributed by atoms with E-state index in [1.165, 1.54) is 0 Å². The average molecular weight is 221 g/mol. The Morgan fingerprint density at radius 3 is 2.27 bits per heavy atom. The summed E-state index contributed by atoms with van der Waals surface area (Å²) < 4.78 is 4.96. The second-order valence-electron chi connectivity index (χ2n) is 4.08. The molecule has 0 aromatic carbocycles. The maximum Gasteiger partial charge on any atom is 0.173 e. The van der Waals surface area contributed by atoms with Crippen LogP contribution in [0, 0.1) is 0 Å². The summed E-state index contributed by atoms with van der Waals surface area (Å²) in [7, 11) is 0. The van der Waals surface area contributed by atoms with Crippen LogP contribution in [0.2, 0.25) is 0 Å². The van der Waals surface area contributed by atoms with Crippen molar-refractivity contribution >= 4 is 0 Å². The summed E-state index contributed by atoms with van der Waals surface area (Å²) in [6, 6.07) is -0.705. The summed E-state index contributed by atoms with van der Waals surface area (Å²) in [4.78, 5) is 0. The summed E-state index contributed by atoms with van der Waals surface area (Å²) in [6.07, 6.45) is -4.54. The molecule has 0 saturated carbocycles. The SMILES string of the molecule is CC(C)NC1C(O)[C@H](O)C(CO)O[C@H]1O. The molecule has 1 aliphatic rings. The van der Waals surface area contributed by atoms with Crippen molar-refractivity contribution in [1.82, 2.24) is 5.32 Å². The fourth-order valence-corrected chi connectivity index (χ4v) is 1.66. The molecular weight excluding hydrogens is 202 g/mol. The summed E-state index contributed by atoms with van der Waals surface area (Å²) in [6.45, 7) is 3.26. The van der Waals surface area contributed by atoms with E-state index in [2.05, 4.69) is 5.32 Å². The highest BCUT2D eigenvalue weighted by Gasteiger charge is 2.43. The van der Waals surface area contributed by atoms with Crippen LogP contribution in [0.15, 0.2) is 0 Å². The third kappa shape index (κ3) is 2.87. The molecule has 5 N–H and O–H groups in total. The monoisotopic (exact) mass is 221 g/mol. The average Bonchev–Trinajstić information content (AvgIpc) is 2.18. The molecule has 1 saturated heterocycles. The van der Waals surface area contributed by atoms with E-state index in [4.69, 9.17) is 9.84 Å². The smallest absolute Gasteiger partial charge is 0.173 e. The molecule has 15 heavy (non-hydrogen) atoms. The van der Waals surface area contributed by atoms with Crippen molar-refractivity contribution in [2.75, 3.05) is 6.61 Å². The van der Waals surface area contributed by atoms with Gasteiger partial charge >= 0.3 is 0 Å². The molecule has 6 heteroatoms. The van der Waals surface area contributed by atoms with Crippen LogP contribution in [-0.2, 0) is 4.74 Å². The first-order chi connectivity index (χ1) is 6.97. The Morgan fingerprint density at radius 1 is 1.20 bits per heavy atom. The number of hydrogen-bond acceptors (Lipinski definition) is 6. The lowest BCUT2D eigenvalue weighted by atomic mass is 9.96. The Kier molecular flexibility index (Phi) is 4.45.